The highest BCUT2D eigenvalue weighted by Gasteiger charge is 2.15. The van der Waals surface area contributed by atoms with Gasteiger partial charge in [0.2, 0.25) is 5.78 Å². The van der Waals surface area contributed by atoms with Crippen LogP contribution in [0, 0.1) is 0 Å². The number of nitrogens with two attached hydrogens (primary N) is 1. The van der Waals surface area contributed by atoms with Crippen LogP contribution in [0.15, 0.2) is 16.8 Å². The zero-order valence-corrected chi connectivity index (χ0v) is 8.21. The molecule has 5 nitrogen and oxygen atoms in total. The number of thiophene rings is 1. The molecule has 0 aliphatic rings. The van der Waals surface area contributed by atoms with E-state index in [0.717, 1.165) is 12.6 Å². The Morgan fingerprint density at radius 2 is 2.00 bits per heavy atom. The molecule has 14 heavy (non-hydrogen) atoms. The van der Waals surface area contributed by atoms with Crippen molar-refractivity contribution in [2.75, 3.05) is 5.73 Å². The number of aliphatic carboxylic acids is 1. The van der Waals surface area contributed by atoms with Gasteiger partial charge in [-0.15, -0.1) is 0 Å². The second-order valence-corrected chi connectivity index (χ2v) is 3.03. The third-order valence-electron chi connectivity index (χ3n) is 1.06. The SMILES string of the molecule is CC(=O)C(=O)C(=O)O.Nc1ccsc1. The fraction of sp³-hybridized carbons (Fsp3) is 0.125. The molecule has 0 atom stereocenters. The summed E-state index contributed by atoms with van der Waals surface area (Å²) in [6.45, 7) is 0.913. The highest BCUT2D eigenvalue weighted by atomic mass is 32.1. The minimum absolute atomic E-state index is 0.861. The summed E-state index contributed by atoms with van der Waals surface area (Å²) in [5, 5.41) is 11.6. The molecule has 0 spiro atoms. The van der Waals surface area contributed by atoms with E-state index in [2.05, 4.69) is 0 Å². The lowest BCUT2D eigenvalue weighted by Gasteiger charge is -1.80. The quantitative estimate of drug-likeness (QED) is 0.555. The van der Waals surface area contributed by atoms with Crippen molar-refractivity contribution in [2.45, 2.75) is 6.92 Å². The van der Waals surface area contributed by atoms with Crippen molar-refractivity contribution < 1.29 is 19.5 Å². The summed E-state index contributed by atoms with van der Waals surface area (Å²) in [5.74, 6) is -4.01. The molecule has 3 N–H and O–H groups in total. The Hall–Kier alpha value is -1.69. The van der Waals surface area contributed by atoms with Gasteiger partial charge in [-0.2, -0.15) is 11.3 Å². The monoisotopic (exact) mass is 215 g/mol. The minimum Gasteiger partial charge on any atom is -0.475 e. The van der Waals surface area contributed by atoms with Gasteiger partial charge in [0.25, 0.3) is 0 Å². The lowest BCUT2D eigenvalue weighted by molar-refractivity contribution is -0.152. The van der Waals surface area contributed by atoms with Crippen LogP contribution in [0.1, 0.15) is 6.92 Å². The predicted octanol–water partition coefficient (Wildman–Crippen LogP) is 0.559. The van der Waals surface area contributed by atoms with Crippen LogP contribution in [0.2, 0.25) is 0 Å². The first-order valence-corrected chi connectivity index (χ1v) is 4.45. The summed E-state index contributed by atoms with van der Waals surface area (Å²) in [5.41, 5.74) is 6.15. The normalized spacial score (nSPS) is 8.36. The summed E-state index contributed by atoms with van der Waals surface area (Å²) in [6, 6.07) is 1.88. The van der Waals surface area contributed by atoms with Gasteiger partial charge in [-0.25, -0.2) is 4.79 Å². The van der Waals surface area contributed by atoms with E-state index < -0.39 is 17.5 Å². The number of anilines is 1. The second-order valence-electron chi connectivity index (χ2n) is 2.25. The van der Waals surface area contributed by atoms with Crippen LogP contribution in [0.25, 0.3) is 0 Å². The van der Waals surface area contributed by atoms with Gasteiger partial charge in [0, 0.05) is 18.0 Å². The number of carboxylic acids is 1. The Bertz CT molecular complexity index is 315. The van der Waals surface area contributed by atoms with E-state index in [9.17, 15) is 14.4 Å². The molecule has 0 aliphatic carbocycles. The lowest BCUT2D eigenvalue weighted by atomic mass is 10.3. The molecule has 0 fully saturated rings. The molecule has 0 radical (unpaired) electrons. The molecule has 1 aromatic heterocycles. The van der Waals surface area contributed by atoms with Gasteiger partial charge in [-0.3, -0.25) is 9.59 Å². The minimum atomic E-state index is -1.70. The molecule has 1 heterocycles. The molecular formula is C8H9NO4S. The van der Waals surface area contributed by atoms with E-state index in [1.807, 2.05) is 16.8 Å². The van der Waals surface area contributed by atoms with Crippen LogP contribution < -0.4 is 5.73 Å². The Labute approximate surface area is 84.2 Å². The Morgan fingerprint density at radius 1 is 1.43 bits per heavy atom. The third kappa shape index (κ3) is 5.04. The molecule has 1 rings (SSSR count). The zero-order chi connectivity index (χ0) is 11.1. The fourth-order valence-corrected chi connectivity index (χ4v) is 0.976. The first-order chi connectivity index (χ1) is 6.45. The number of carbonyl (C=O) groups is 3. The summed E-state index contributed by atoms with van der Waals surface area (Å²) in [6.07, 6.45) is 0. The summed E-state index contributed by atoms with van der Waals surface area (Å²) < 4.78 is 0. The number of ketones is 2. The molecule has 0 saturated heterocycles. The van der Waals surface area contributed by atoms with Crippen LogP contribution >= 0.6 is 11.3 Å². The smallest absolute Gasteiger partial charge is 0.380 e. The topological polar surface area (TPSA) is 97.5 Å². The van der Waals surface area contributed by atoms with Crippen molar-refractivity contribution in [1.82, 2.24) is 0 Å². The van der Waals surface area contributed by atoms with Crippen LogP contribution in [0.3, 0.4) is 0 Å². The average Bonchev–Trinajstić information content (AvgIpc) is 2.55. The van der Waals surface area contributed by atoms with E-state index in [1.54, 1.807) is 11.3 Å². The molecule has 0 aliphatic heterocycles. The number of carbonyl (C=O) groups excluding carboxylic acids is 2. The molecule has 1 aromatic rings. The first-order valence-electron chi connectivity index (χ1n) is 3.51. The molecule has 76 valence electrons. The maximum atomic E-state index is 9.89. The average molecular weight is 215 g/mol. The molecular weight excluding hydrogens is 206 g/mol. The predicted molar refractivity (Wildman–Crippen MR) is 52.1 cm³/mol. The van der Waals surface area contributed by atoms with Gasteiger partial charge in [-0.05, 0) is 11.4 Å². The fourth-order valence-electron chi connectivity index (χ4n) is 0.426. The van der Waals surface area contributed by atoms with Crippen LogP contribution in [-0.4, -0.2) is 22.6 Å². The first kappa shape index (κ1) is 12.3. The largest absolute Gasteiger partial charge is 0.475 e. The number of rotatable bonds is 2. The van der Waals surface area contributed by atoms with Crippen molar-refractivity contribution in [1.29, 1.82) is 0 Å². The van der Waals surface area contributed by atoms with E-state index in [4.69, 9.17) is 10.8 Å². The Balaban J connectivity index is 0.000000249. The Morgan fingerprint density at radius 3 is 2.07 bits per heavy atom. The Kier molecular flexibility index (Phi) is 5.16. The molecule has 0 unspecified atom stereocenters. The van der Waals surface area contributed by atoms with Crippen molar-refractivity contribution >= 4 is 34.6 Å². The van der Waals surface area contributed by atoms with Crippen molar-refractivity contribution in [2.24, 2.45) is 0 Å². The number of hydrogen-bond donors (Lipinski definition) is 2. The highest BCUT2D eigenvalue weighted by Crippen LogP contribution is 2.05. The van der Waals surface area contributed by atoms with Crippen molar-refractivity contribution in [3.8, 4) is 0 Å². The van der Waals surface area contributed by atoms with Gasteiger partial charge in [0.1, 0.15) is 0 Å². The maximum absolute atomic E-state index is 9.89. The summed E-state index contributed by atoms with van der Waals surface area (Å²) in [7, 11) is 0. The lowest BCUT2D eigenvalue weighted by Crippen LogP contribution is -2.19. The molecule has 0 bridgehead atoms. The van der Waals surface area contributed by atoms with Gasteiger partial charge in [0.05, 0.1) is 0 Å². The number of Topliss-reactive ketones (excluding diaryl/α,β-unsaturated/α-hetero) is 2. The van der Waals surface area contributed by atoms with Gasteiger partial charge in [0.15, 0.2) is 0 Å². The molecule has 0 saturated carbocycles. The van der Waals surface area contributed by atoms with Gasteiger partial charge in [-0.1, -0.05) is 0 Å². The van der Waals surface area contributed by atoms with Crippen molar-refractivity contribution in [3.05, 3.63) is 16.8 Å². The van der Waals surface area contributed by atoms with Gasteiger partial charge >= 0.3 is 11.8 Å². The number of carboxylic acid groups (broad SMARTS) is 1. The van der Waals surface area contributed by atoms with Crippen LogP contribution in [0.5, 0.6) is 0 Å². The van der Waals surface area contributed by atoms with Crippen molar-refractivity contribution in [3.63, 3.8) is 0 Å². The second kappa shape index (κ2) is 5.87. The molecule has 0 amide bonds. The van der Waals surface area contributed by atoms with Gasteiger partial charge < -0.3 is 10.8 Å². The highest BCUT2D eigenvalue weighted by molar-refractivity contribution is 7.08. The van der Waals surface area contributed by atoms with E-state index in [0.29, 0.717) is 0 Å². The van der Waals surface area contributed by atoms with E-state index in [-0.39, 0.29) is 0 Å². The third-order valence-corrected chi connectivity index (χ3v) is 1.76. The standard InChI is InChI=1S/C4H5NS.C4H4O4/c5-4-1-2-6-3-4;1-2(5)3(6)4(7)8/h1-3H,5H2;1H3,(H,7,8). The van der Waals surface area contributed by atoms with Crippen LogP contribution in [0.4, 0.5) is 5.69 Å². The number of hydrogen-bond acceptors (Lipinski definition) is 5. The molecule has 0 aromatic carbocycles. The van der Waals surface area contributed by atoms with E-state index in [1.165, 1.54) is 0 Å². The summed E-state index contributed by atoms with van der Waals surface area (Å²) in [4.78, 5) is 29.3. The molecule has 6 heteroatoms. The number of nitrogen functional groups attached to an aromatic ring is 1. The van der Waals surface area contributed by atoms with Crippen LogP contribution in [-0.2, 0) is 14.4 Å². The zero-order valence-electron chi connectivity index (χ0n) is 7.39. The summed E-state index contributed by atoms with van der Waals surface area (Å²) >= 11 is 1.61. The van der Waals surface area contributed by atoms with E-state index >= 15 is 0 Å². The maximum Gasteiger partial charge on any atom is 0.380 e.